The Morgan fingerprint density at radius 1 is 1.22 bits per heavy atom. The largest absolute Gasteiger partial charge is 0.332 e. The molecular weight excluding hydrogens is 383 g/mol. The number of carbonyl (C=O) groups is 1. The van der Waals surface area contributed by atoms with E-state index in [9.17, 15) is 4.79 Å². The molecule has 1 aliphatic heterocycles. The predicted molar refractivity (Wildman–Crippen MR) is 107 cm³/mol. The number of carbonyl (C=O) groups excluding carboxylic acids is 1. The number of nitrogens with one attached hydrogen (secondary N) is 1. The van der Waals surface area contributed by atoms with Crippen LogP contribution in [0.4, 0.5) is 0 Å². The lowest BCUT2D eigenvalue weighted by Gasteiger charge is -2.31. The van der Waals surface area contributed by atoms with Crippen LogP contribution in [0.25, 0.3) is 5.69 Å². The fourth-order valence-corrected chi connectivity index (χ4v) is 4.13. The van der Waals surface area contributed by atoms with Crippen molar-refractivity contribution >= 4 is 29.1 Å². The van der Waals surface area contributed by atoms with Crippen molar-refractivity contribution in [2.75, 3.05) is 32.7 Å². The summed E-state index contributed by atoms with van der Waals surface area (Å²) in [6.45, 7) is 8.93. The Morgan fingerprint density at radius 2 is 1.93 bits per heavy atom. The van der Waals surface area contributed by atoms with Gasteiger partial charge in [-0.2, -0.15) is 5.10 Å². The van der Waals surface area contributed by atoms with Gasteiger partial charge in [0.1, 0.15) is 0 Å². The van der Waals surface area contributed by atoms with Crippen molar-refractivity contribution in [1.82, 2.24) is 14.7 Å². The zero-order chi connectivity index (χ0) is 19.1. The second-order valence-corrected chi connectivity index (χ2v) is 8.34. The molecule has 0 atom stereocenters. The third kappa shape index (κ3) is 3.60. The summed E-state index contributed by atoms with van der Waals surface area (Å²) in [6, 6.07) is 5.46. The summed E-state index contributed by atoms with van der Waals surface area (Å²) in [6.07, 6.45) is 2.21. The number of rotatable bonds is 4. The number of halogens is 2. The van der Waals surface area contributed by atoms with Gasteiger partial charge >= 0.3 is 0 Å². The molecule has 7 heteroatoms. The van der Waals surface area contributed by atoms with E-state index in [1.54, 1.807) is 17.0 Å². The van der Waals surface area contributed by atoms with Crippen LogP contribution in [0.15, 0.2) is 18.2 Å². The van der Waals surface area contributed by atoms with Crippen LogP contribution < -0.4 is 4.90 Å². The summed E-state index contributed by atoms with van der Waals surface area (Å²) in [5.41, 5.74) is 3.44. The Bertz CT molecular complexity index is 867. The molecule has 2 heterocycles. The molecule has 1 N–H and O–H groups in total. The van der Waals surface area contributed by atoms with E-state index in [0.717, 1.165) is 68.2 Å². The Morgan fingerprint density at radius 3 is 2.52 bits per heavy atom. The van der Waals surface area contributed by atoms with Crippen molar-refractivity contribution in [3.8, 4) is 5.69 Å². The number of nitrogens with zero attached hydrogens (tertiary/aromatic N) is 3. The Hall–Kier alpha value is -1.56. The molecule has 27 heavy (non-hydrogen) atoms. The summed E-state index contributed by atoms with van der Waals surface area (Å²) >= 11 is 12.3. The minimum absolute atomic E-state index is 0.121. The molecule has 0 unspecified atom stereocenters. The van der Waals surface area contributed by atoms with Gasteiger partial charge in [0.05, 0.1) is 65.4 Å². The highest BCUT2D eigenvalue weighted by Gasteiger charge is 2.36. The van der Waals surface area contributed by atoms with E-state index in [0.29, 0.717) is 16.0 Å². The monoisotopic (exact) mass is 407 g/mol. The van der Waals surface area contributed by atoms with Crippen LogP contribution in [0.5, 0.6) is 0 Å². The van der Waals surface area contributed by atoms with Gasteiger partial charge in [-0.1, -0.05) is 23.2 Å². The number of hydrogen-bond acceptors (Lipinski definition) is 2. The Labute approximate surface area is 169 Å². The van der Waals surface area contributed by atoms with Crippen LogP contribution in [0.1, 0.15) is 47.4 Å². The van der Waals surface area contributed by atoms with Crippen molar-refractivity contribution in [3.63, 3.8) is 0 Å². The summed E-state index contributed by atoms with van der Waals surface area (Å²) in [4.78, 5) is 16.9. The second-order valence-electron chi connectivity index (χ2n) is 7.53. The summed E-state index contributed by atoms with van der Waals surface area (Å²) in [5.74, 6) is 0.519. The molecule has 0 bridgehead atoms. The maximum atomic E-state index is 13.4. The highest BCUT2D eigenvalue weighted by atomic mass is 35.5. The van der Waals surface area contributed by atoms with Crippen molar-refractivity contribution in [2.24, 2.45) is 0 Å². The van der Waals surface area contributed by atoms with Gasteiger partial charge in [0, 0.05) is 5.92 Å². The SMILES string of the molecule is CC[NH+]1CCN(C(=O)c2c(C3CC3)nn(-c3ccc(Cl)c(Cl)c3)c2C)CC1. The smallest absolute Gasteiger partial charge is 0.258 e. The molecule has 2 aromatic rings. The zero-order valence-electron chi connectivity index (χ0n) is 15.8. The predicted octanol–water partition coefficient (Wildman–Crippen LogP) is 2.73. The van der Waals surface area contributed by atoms with Crippen LogP contribution in [-0.2, 0) is 0 Å². The molecule has 0 spiro atoms. The fraction of sp³-hybridized carbons (Fsp3) is 0.500. The molecule has 0 radical (unpaired) electrons. The normalized spacial score (nSPS) is 18.1. The lowest BCUT2D eigenvalue weighted by atomic mass is 10.1. The zero-order valence-corrected chi connectivity index (χ0v) is 17.3. The van der Waals surface area contributed by atoms with E-state index < -0.39 is 0 Å². The van der Waals surface area contributed by atoms with Gasteiger partial charge in [-0.3, -0.25) is 4.79 Å². The minimum Gasteiger partial charge on any atom is -0.332 e. The van der Waals surface area contributed by atoms with E-state index in [1.807, 2.05) is 22.6 Å². The molecule has 144 valence electrons. The van der Waals surface area contributed by atoms with Crippen LogP contribution in [0.3, 0.4) is 0 Å². The minimum atomic E-state index is 0.121. The Balaban J connectivity index is 1.69. The highest BCUT2D eigenvalue weighted by molar-refractivity contribution is 6.42. The Kier molecular flexibility index (Phi) is 5.19. The fourth-order valence-electron chi connectivity index (χ4n) is 3.84. The van der Waals surface area contributed by atoms with Gasteiger partial charge < -0.3 is 9.80 Å². The number of piperazine rings is 1. The van der Waals surface area contributed by atoms with Crippen LogP contribution in [0.2, 0.25) is 10.0 Å². The number of benzene rings is 1. The molecule has 5 nitrogen and oxygen atoms in total. The summed E-state index contributed by atoms with van der Waals surface area (Å²) in [7, 11) is 0. The topological polar surface area (TPSA) is 42.6 Å². The first-order chi connectivity index (χ1) is 13.0. The standard InChI is InChI=1S/C20H24Cl2N4O/c1-3-24-8-10-25(11-9-24)20(27)18-13(2)26(23-19(18)14-4-5-14)15-6-7-16(21)17(22)12-15/h6-7,12,14H,3-5,8-11H2,1-2H3/p+1. The van der Waals surface area contributed by atoms with Crippen LogP contribution in [0, 0.1) is 6.92 Å². The average Bonchev–Trinajstić information content (AvgIpc) is 3.47. The summed E-state index contributed by atoms with van der Waals surface area (Å²) in [5, 5.41) is 5.83. The maximum Gasteiger partial charge on any atom is 0.258 e. The van der Waals surface area contributed by atoms with Gasteiger partial charge in [0.2, 0.25) is 0 Å². The molecule has 1 aliphatic carbocycles. The molecule has 1 saturated heterocycles. The molecular formula is C20H25Cl2N4O+. The highest BCUT2D eigenvalue weighted by Crippen LogP contribution is 2.42. The van der Waals surface area contributed by atoms with E-state index in [4.69, 9.17) is 28.3 Å². The number of aromatic nitrogens is 2. The molecule has 1 amide bonds. The number of likely N-dealkylation sites (N-methyl/N-ethyl adjacent to an activating group) is 1. The van der Waals surface area contributed by atoms with Crippen molar-refractivity contribution < 1.29 is 9.69 Å². The second kappa shape index (κ2) is 7.46. The number of amides is 1. The van der Waals surface area contributed by atoms with Crippen molar-refractivity contribution in [3.05, 3.63) is 45.2 Å². The van der Waals surface area contributed by atoms with E-state index in [2.05, 4.69) is 6.92 Å². The quantitative estimate of drug-likeness (QED) is 0.846. The van der Waals surface area contributed by atoms with Crippen molar-refractivity contribution in [2.45, 2.75) is 32.6 Å². The van der Waals surface area contributed by atoms with Gasteiger partial charge in [0.15, 0.2) is 0 Å². The van der Waals surface area contributed by atoms with Crippen molar-refractivity contribution in [1.29, 1.82) is 0 Å². The molecule has 1 saturated carbocycles. The molecule has 4 rings (SSSR count). The molecule has 2 aliphatic rings. The first-order valence-electron chi connectivity index (χ1n) is 9.67. The van der Waals surface area contributed by atoms with Crippen LogP contribution >= 0.6 is 23.2 Å². The van der Waals surface area contributed by atoms with Gasteiger partial charge in [-0.25, -0.2) is 4.68 Å². The summed E-state index contributed by atoms with van der Waals surface area (Å²) < 4.78 is 1.84. The van der Waals surface area contributed by atoms with E-state index in [1.165, 1.54) is 0 Å². The third-order valence-corrected chi connectivity index (χ3v) is 6.47. The first kappa shape index (κ1) is 18.8. The van der Waals surface area contributed by atoms with E-state index >= 15 is 0 Å². The molecule has 2 fully saturated rings. The first-order valence-corrected chi connectivity index (χ1v) is 10.4. The van der Waals surface area contributed by atoms with Gasteiger partial charge in [-0.15, -0.1) is 0 Å². The van der Waals surface area contributed by atoms with Crippen LogP contribution in [-0.4, -0.2) is 53.3 Å². The third-order valence-electron chi connectivity index (χ3n) is 5.73. The van der Waals surface area contributed by atoms with Gasteiger partial charge in [0.25, 0.3) is 5.91 Å². The number of quaternary nitrogens is 1. The lowest BCUT2D eigenvalue weighted by Crippen LogP contribution is -3.14. The maximum absolute atomic E-state index is 13.4. The molecule has 1 aromatic heterocycles. The van der Waals surface area contributed by atoms with Gasteiger partial charge in [-0.05, 0) is 44.9 Å². The lowest BCUT2D eigenvalue weighted by molar-refractivity contribution is -0.902. The number of hydrogen-bond donors (Lipinski definition) is 1. The van der Waals surface area contributed by atoms with E-state index in [-0.39, 0.29) is 5.91 Å². The molecule has 1 aromatic carbocycles. The average molecular weight is 408 g/mol.